The largest absolute Gasteiger partial charge is 0.438 e. The fraction of sp³-hybridized carbons (Fsp3) is 0.0870. The normalized spacial score (nSPS) is 11.2. The van der Waals surface area contributed by atoms with Crippen LogP contribution >= 0.6 is 11.8 Å². The van der Waals surface area contributed by atoms with Gasteiger partial charge in [-0.2, -0.15) is 18.4 Å². The van der Waals surface area contributed by atoms with E-state index in [0.717, 1.165) is 10.7 Å². The lowest BCUT2D eigenvalue weighted by atomic mass is 10.1. The highest BCUT2D eigenvalue weighted by Gasteiger charge is 2.37. The summed E-state index contributed by atoms with van der Waals surface area (Å²) in [6.45, 7) is 0. The number of halogens is 3. The third-order valence-electron chi connectivity index (χ3n) is 4.74. The molecule has 0 fully saturated rings. The molecule has 0 aliphatic heterocycles. The van der Waals surface area contributed by atoms with Crippen LogP contribution in [0.15, 0.2) is 81.1 Å². The van der Waals surface area contributed by atoms with Gasteiger partial charge in [0.1, 0.15) is 11.1 Å². The van der Waals surface area contributed by atoms with Crippen LogP contribution in [0.25, 0.3) is 16.9 Å². The molecule has 0 saturated heterocycles. The van der Waals surface area contributed by atoms with Gasteiger partial charge in [0, 0.05) is 17.7 Å². The molecule has 34 heavy (non-hydrogen) atoms. The van der Waals surface area contributed by atoms with Crippen LogP contribution in [0, 0.1) is 11.3 Å². The van der Waals surface area contributed by atoms with Crippen molar-refractivity contribution in [2.45, 2.75) is 11.2 Å². The summed E-state index contributed by atoms with van der Waals surface area (Å²) in [6, 6.07) is 18.9. The number of aromatic amines is 1. The van der Waals surface area contributed by atoms with Crippen LogP contribution in [0.3, 0.4) is 0 Å². The van der Waals surface area contributed by atoms with Crippen LogP contribution in [0.5, 0.6) is 0 Å². The summed E-state index contributed by atoms with van der Waals surface area (Å²) in [5.41, 5.74) is -2.25. The fourth-order valence-corrected chi connectivity index (χ4v) is 4.05. The van der Waals surface area contributed by atoms with Crippen LogP contribution in [0.4, 0.5) is 13.2 Å². The first kappa shape index (κ1) is 23.0. The molecule has 0 atom stereocenters. The third-order valence-corrected chi connectivity index (χ3v) is 5.71. The lowest BCUT2D eigenvalue weighted by molar-refractivity contribution is -0.672. The molecule has 0 unspecified atom stereocenters. The Labute approximate surface area is 194 Å². The zero-order chi connectivity index (χ0) is 24.3. The topological polar surface area (TPSA) is 104 Å². The highest BCUT2D eigenvalue weighted by molar-refractivity contribution is 8.00. The number of H-pyrrole nitrogens is 1. The van der Waals surface area contributed by atoms with E-state index in [2.05, 4.69) is 10.3 Å². The fourth-order valence-electron chi connectivity index (χ4n) is 3.19. The number of para-hydroxylation sites is 1. The highest BCUT2D eigenvalue weighted by atomic mass is 32.2. The number of hydrogen-bond donors (Lipinski definition) is 1. The number of aromatic nitrogens is 3. The Balaban J connectivity index is 1.71. The molecule has 7 nitrogen and oxygen atoms in total. The summed E-state index contributed by atoms with van der Waals surface area (Å²) < 4.78 is 47.0. The number of Topliss-reactive ketones (excluding diaryl/α,β-unsaturated/α-hetero) is 1. The number of ketones is 1. The lowest BCUT2D eigenvalue weighted by Gasteiger charge is -2.14. The number of nitrogens with zero attached hydrogens (tertiary/aromatic N) is 3. The molecule has 2 heterocycles. The quantitative estimate of drug-likeness (QED) is 0.251. The second kappa shape index (κ2) is 9.36. The number of benzene rings is 2. The smallest absolute Gasteiger partial charge is 0.286 e. The van der Waals surface area contributed by atoms with Crippen LogP contribution in [-0.4, -0.2) is 21.8 Å². The summed E-state index contributed by atoms with van der Waals surface area (Å²) in [7, 11) is 0. The first-order chi connectivity index (χ1) is 16.3. The Morgan fingerprint density at radius 1 is 1.12 bits per heavy atom. The molecule has 170 valence electrons. The maximum Gasteiger partial charge on any atom is 0.438 e. The number of alkyl halides is 3. The first-order valence-corrected chi connectivity index (χ1v) is 10.7. The third kappa shape index (κ3) is 4.62. The minimum absolute atomic E-state index is 0.00221. The number of nitrogens with one attached hydrogen (secondary N) is 1. The summed E-state index contributed by atoms with van der Waals surface area (Å²) >= 11 is 0.639. The maximum absolute atomic E-state index is 13.7. The van der Waals surface area contributed by atoms with Crippen molar-refractivity contribution in [3.05, 3.63) is 94.0 Å². The van der Waals surface area contributed by atoms with Gasteiger partial charge in [0.15, 0.2) is 0 Å². The second-order valence-electron chi connectivity index (χ2n) is 6.92. The molecule has 2 aromatic heterocycles. The molecule has 1 N–H and O–H groups in total. The van der Waals surface area contributed by atoms with Crippen LogP contribution in [0.2, 0.25) is 0 Å². The van der Waals surface area contributed by atoms with Gasteiger partial charge < -0.3 is 0 Å². The predicted octanol–water partition coefficient (Wildman–Crippen LogP) is 4.17. The second-order valence-corrected chi connectivity index (χ2v) is 7.89. The highest BCUT2D eigenvalue weighted by Crippen LogP contribution is 2.38. The standard InChI is InChI=1S/C23H13F3N4O3S/c24-23(25,26)17-11-18(14-7-3-1-4-8-14)28-21(16(17)12-27)34-13-19(31)20-22(32)33-29-30(20)15-9-5-2-6-10-15/h1-11H,13H2/p+1. The Morgan fingerprint density at radius 3 is 2.38 bits per heavy atom. The lowest BCUT2D eigenvalue weighted by Crippen LogP contribution is -2.41. The molecular formula is C23H14F3N4O3S+. The summed E-state index contributed by atoms with van der Waals surface area (Å²) in [5.74, 6) is -1.17. The number of rotatable bonds is 6. The van der Waals surface area contributed by atoms with Gasteiger partial charge in [-0.1, -0.05) is 60.3 Å². The van der Waals surface area contributed by atoms with E-state index < -0.39 is 34.5 Å². The van der Waals surface area contributed by atoms with Crippen molar-refractivity contribution in [1.29, 1.82) is 5.26 Å². The van der Waals surface area contributed by atoms with E-state index in [9.17, 15) is 28.0 Å². The average Bonchev–Trinajstić information content (AvgIpc) is 3.23. The van der Waals surface area contributed by atoms with Gasteiger partial charge in [-0.25, -0.2) is 9.78 Å². The van der Waals surface area contributed by atoms with Crippen molar-refractivity contribution in [3.63, 3.8) is 0 Å². The Morgan fingerprint density at radius 2 is 1.76 bits per heavy atom. The summed E-state index contributed by atoms with van der Waals surface area (Å²) in [5, 5.41) is 11.5. The van der Waals surface area contributed by atoms with E-state index in [0.29, 0.717) is 23.0 Å². The van der Waals surface area contributed by atoms with Crippen molar-refractivity contribution in [1.82, 2.24) is 10.3 Å². The van der Waals surface area contributed by atoms with Crippen molar-refractivity contribution in [2.24, 2.45) is 0 Å². The van der Waals surface area contributed by atoms with E-state index in [-0.39, 0.29) is 16.4 Å². The molecule has 0 spiro atoms. The van der Waals surface area contributed by atoms with Gasteiger partial charge in [-0.15, -0.1) is 0 Å². The minimum Gasteiger partial charge on any atom is -0.286 e. The van der Waals surface area contributed by atoms with E-state index in [1.165, 1.54) is 0 Å². The maximum atomic E-state index is 13.7. The van der Waals surface area contributed by atoms with E-state index in [1.807, 2.05) is 0 Å². The molecule has 4 aromatic rings. The zero-order valence-corrected chi connectivity index (χ0v) is 18.0. The number of hydrogen-bond acceptors (Lipinski definition) is 6. The van der Waals surface area contributed by atoms with Gasteiger partial charge in [0.05, 0.1) is 22.6 Å². The van der Waals surface area contributed by atoms with Crippen molar-refractivity contribution >= 4 is 17.5 Å². The van der Waals surface area contributed by atoms with E-state index >= 15 is 0 Å². The Kier molecular flexibility index (Phi) is 6.34. The van der Waals surface area contributed by atoms with Crippen molar-refractivity contribution in [3.8, 4) is 23.0 Å². The summed E-state index contributed by atoms with van der Waals surface area (Å²) in [4.78, 5) is 29.2. The molecule has 0 amide bonds. The van der Waals surface area contributed by atoms with Gasteiger partial charge in [-0.3, -0.25) is 9.32 Å². The molecule has 0 saturated carbocycles. The number of nitriles is 1. The summed E-state index contributed by atoms with van der Waals surface area (Å²) in [6.07, 6.45) is -4.81. The monoisotopic (exact) mass is 483 g/mol. The Bertz CT molecular complexity index is 1440. The number of carbonyl (C=O) groups excluding carboxylic acids is 1. The van der Waals surface area contributed by atoms with Crippen LogP contribution in [-0.2, 0) is 6.18 Å². The van der Waals surface area contributed by atoms with Gasteiger partial charge in [0.25, 0.3) is 0 Å². The molecule has 4 rings (SSSR count). The predicted molar refractivity (Wildman–Crippen MR) is 115 cm³/mol. The van der Waals surface area contributed by atoms with E-state index in [4.69, 9.17) is 4.52 Å². The molecule has 0 aliphatic carbocycles. The Hall–Kier alpha value is -4.17. The van der Waals surface area contributed by atoms with Crippen LogP contribution < -0.4 is 10.3 Å². The molecule has 11 heteroatoms. The van der Waals surface area contributed by atoms with Gasteiger partial charge in [-0.05, 0) is 16.0 Å². The average molecular weight is 483 g/mol. The molecule has 0 radical (unpaired) electrons. The minimum atomic E-state index is -4.81. The number of carbonyl (C=O) groups is 1. The van der Waals surface area contributed by atoms with Gasteiger partial charge >= 0.3 is 17.5 Å². The van der Waals surface area contributed by atoms with Crippen LogP contribution in [0.1, 0.15) is 21.6 Å². The molecule has 0 bridgehead atoms. The SMILES string of the molecule is N#Cc1c(C(F)(F)F)cc(-c2ccccc2)nc1SCC(=O)c1c(=O)o[nH][n+]1-c1ccccc1. The molecule has 2 aromatic carbocycles. The van der Waals surface area contributed by atoms with E-state index in [1.54, 1.807) is 66.7 Å². The number of pyridine rings is 1. The zero-order valence-electron chi connectivity index (χ0n) is 17.2. The van der Waals surface area contributed by atoms with Crippen molar-refractivity contribution < 1.29 is 27.2 Å². The first-order valence-electron chi connectivity index (χ1n) is 9.72. The molecular weight excluding hydrogens is 469 g/mol. The van der Waals surface area contributed by atoms with Crippen molar-refractivity contribution in [2.75, 3.05) is 5.75 Å². The number of thioether (sulfide) groups is 1. The molecule has 0 aliphatic rings. The van der Waals surface area contributed by atoms with Gasteiger partial charge in [0.2, 0.25) is 11.5 Å².